The van der Waals surface area contributed by atoms with Crippen molar-refractivity contribution in [3.05, 3.63) is 60.2 Å². The molecule has 0 unspecified atom stereocenters. The lowest BCUT2D eigenvalue weighted by atomic mass is 10.0. The Hall–Kier alpha value is -3.23. The summed E-state index contributed by atoms with van der Waals surface area (Å²) in [7, 11) is 0. The van der Waals surface area contributed by atoms with Crippen LogP contribution in [-0.4, -0.2) is 42.1 Å². The highest BCUT2D eigenvalue weighted by Gasteiger charge is 2.32. The quantitative estimate of drug-likeness (QED) is 0.448. The number of benzene rings is 3. The first-order valence-electron chi connectivity index (χ1n) is 11.0. The number of aromatic hydroxyl groups is 1. The van der Waals surface area contributed by atoms with E-state index in [2.05, 4.69) is 10.6 Å². The molecule has 0 aromatic heterocycles. The number of rotatable bonds is 7. The van der Waals surface area contributed by atoms with Gasteiger partial charge >= 0.3 is 6.09 Å². The highest BCUT2D eigenvalue weighted by molar-refractivity contribution is 8.00. The van der Waals surface area contributed by atoms with Crippen molar-refractivity contribution in [3.8, 4) is 5.75 Å². The van der Waals surface area contributed by atoms with Gasteiger partial charge in [0.05, 0.1) is 18.0 Å². The lowest BCUT2D eigenvalue weighted by Gasteiger charge is -2.20. The number of phenolic OH excluding ortho intramolecular Hbond substituents is 1. The average molecular weight is 464 g/mol. The number of phenols is 1. The predicted octanol–water partition coefficient (Wildman–Crippen LogP) is 4.48. The first kappa shape index (κ1) is 21.6. The standard InChI is InChI=1S/C25H25N3O4S/c29-22-9-7-16(19-5-1-2-6-20(19)22)13-26-11-3-4-18-14-28(25(31)32-18)17-8-10-23-21(12-17)27-24(30)15-33-23/h1-2,5-10,12,18,26,29H,3-4,11,13-15H2,(H,27,30)/t18-/m1/s1. The van der Waals surface area contributed by atoms with Crippen molar-refractivity contribution in [1.82, 2.24) is 5.32 Å². The number of nitrogens with zero attached hydrogens (tertiary/aromatic N) is 1. The molecule has 33 heavy (non-hydrogen) atoms. The van der Waals surface area contributed by atoms with Gasteiger partial charge in [-0.25, -0.2) is 4.79 Å². The van der Waals surface area contributed by atoms with E-state index in [4.69, 9.17) is 4.74 Å². The van der Waals surface area contributed by atoms with Gasteiger partial charge in [-0.05, 0) is 54.6 Å². The van der Waals surface area contributed by atoms with Gasteiger partial charge < -0.3 is 20.5 Å². The molecule has 2 aliphatic heterocycles. The molecular formula is C25H25N3O4S. The van der Waals surface area contributed by atoms with Crippen LogP contribution in [0.5, 0.6) is 5.75 Å². The third-order valence-electron chi connectivity index (χ3n) is 5.97. The molecule has 2 heterocycles. The Morgan fingerprint density at radius 1 is 1.12 bits per heavy atom. The number of carbonyl (C=O) groups is 2. The van der Waals surface area contributed by atoms with E-state index < -0.39 is 0 Å². The number of ether oxygens (including phenoxy) is 1. The van der Waals surface area contributed by atoms with E-state index >= 15 is 0 Å². The van der Waals surface area contributed by atoms with Crippen LogP contribution in [0.25, 0.3) is 10.8 Å². The van der Waals surface area contributed by atoms with Gasteiger partial charge in [0, 0.05) is 22.5 Å². The molecule has 0 aliphatic carbocycles. The van der Waals surface area contributed by atoms with E-state index in [0.29, 0.717) is 24.6 Å². The van der Waals surface area contributed by atoms with E-state index in [1.807, 2.05) is 48.5 Å². The van der Waals surface area contributed by atoms with Gasteiger partial charge in [-0.1, -0.05) is 30.3 Å². The van der Waals surface area contributed by atoms with Crippen LogP contribution in [-0.2, 0) is 16.1 Å². The maximum atomic E-state index is 12.4. The fourth-order valence-corrected chi connectivity index (χ4v) is 5.09. The van der Waals surface area contributed by atoms with Crippen LogP contribution >= 0.6 is 11.8 Å². The molecule has 1 fully saturated rings. The van der Waals surface area contributed by atoms with Gasteiger partial charge in [-0.2, -0.15) is 0 Å². The van der Waals surface area contributed by atoms with E-state index in [0.717, 1.165) is 52.0 Å². The fraction of sp³-hybridized carbons (Fsp3) is 0.280. The van der Waals surface area contributed by atoms with Crippen molar-refractivity contribution in [2.75, 3.05) is 29.1 Å². The smallest absolute Gasteiger partial charge is 0.414 e. The zero-order valence-corrected chi connectivity index (χ0v) is 18.9. The Kier molecular flexibility index (Phi) is 6.11. The Bertz CT molecular complexity index is 1220. The molecule has 0 bridgehead atoms. The molecule has 7 nitrogen and oxygen atoms in total. The van der Waals surface area contributed by atoms with Gasteiger partial charge in [0.1, 0.15) is 11.9 Å². The Morgan fingerprint density at radius 2 is 1.97 bits per heavy atom. The summed E-state index contributed by atoms with van der Waals surface area (Å²) in [6.07, 6.45) is 1.13. The van der Waals surface area contributed by atoms with E-state index in [9.17, 15) is 14.7 Å². The average Bonchev–Trinajstić information content (AvgIpc) is 3.20. The van der Waals surface area contributed by atoms with Gasteiger partial charge in [0.15, 0.2) is 0 Å². The van der Waals surface area contributed by atoms with E-state index in [-0.39, 0.29) is 18.1 Å². The van der Waals surface area contributed by atoms with Gasteiger partial charge in [-0.15, -0.1) is 11.8 Å². The second-order valence-corrected chi connectivity index (χ2v) is 9.26. The number of hydrogen-bond acceptors (Lipinski definition) is 6. The molecule has 170 valence electrons. The first-order chi connectivity index (χ1) is 16.1. The van der Waals surface area contributed by atoms with Crippen molar-refractivity contribution >= 4 is 45.9 Å². The van der Waals surface area contributed by atoms with Crippen molar-refractivity contribution in [3.63, 3.8) is 0 Å². The monoisotopic (exact) mass is 463 g/mol. The maximum Gasteiger partial charge on any atom is 0.414 e. The summed E-state index contributed by atoms with van der Waals surface area (Å²) < 4.78 is 5.57. The van der Waals surface area contributed by atoms with Crippen molar-refractivity contribution < 1.29 is 19.4 Å². The van der Waals surface area contributed by atoms with Crippen LogP contribution in [0.4, 0.5) is 16.2 Å². The van der Waals surface area contributed by atoms with Crippen molar-refractivity contribution in [2.45, 2.75) is 30.4 Å². The summed E-state index contributed by atoms with van der Waals surface area (Å²) in [5.74, 6) is 0.679. The summed E-state index contributed by atoms with van der Waals surface area (Å²) in [5.41, 5.74) is 2.62. The molecule has 3 aromatic rings. The lowest BCUT2D eigenvalue weighted by molar-refractivity contribution is -0.113. The van der Waals surface area contributed by atoms with Crippen molar-refractivity contribution in [1.29, 1.82) is 0 Å². The largest absolute Gasteiger partial charge is 0.507 e. The number of amides is 2. The molecule has 1 saturated heterocycles. The van der Waals surface area contributed by atoms with E-state index in [1.165, 1.54) is 11.8 Å². The topological polar surface area (TPSA) is 90.9 Å². The van der Waals surface area contributed by atoms with Crippen LogP contribution in [0.3, 0.4) is 0 Å². The highest BCUT2D eigenvalue weighted by Crippen LogP contribution is 2.35. The van der Waals surface area contributed by atoms with Crippen LogP contribution < -0.4 is 15.5 Å². The summed E-state index contributed by atoms with van der Waals surface area (Å²) in [6.45, 7) is 2.00. The molecule has 0 spiro atoms. The fourth-order valence-electron chi connectivity index (χ4n) is 4.30. The Morgan fingerprint density at radius 3 is 2.85 bits per heavy atom. The summed E-state index contributed by atoms with van der Waals surface area (Å²) in [6, 6.07) is 17.2. The molecule has 2 amide bonds. The number of carbonyl (C=O) groups excluding carboxylic acids is 2. The molecule has 0 radical (unpaired) electrons. The van der Waals surface area contributed by atoms with E-state index in [1.54, 1.807) is 11.0 Å². The normalized spacial score (nSPS) is 17.7. The SMILES string of the molecule is O=C1CSc2ccc(N3C[C@@H](CCCNCc4ccc(O)c5ccccc45)OC3=O)cc2N1. The molecule has 1 atom stereocenters. The minimum atomic E-state index is -0.349. The maximum absolute atomic E-state index is 12.4. The molecular weight excluding hydrogens is 438 g/mol. The number of nitrogens with one attached hydrogen (secondary N) is 2. The van der Waals surface area contributed by atoms with Gasteiger partial charge in [0.25, 0.3) is 0 Å². The zero-order chi connectivity index (χ0) is 22.8. The summed E-state index contributed by atoms with van der Waals surface area (Å²) >= 11 is 1.50. The number of anilines is 2. The third-order valence-corrected chi connectivity index (χ3v) is 7.04. The third kappa shape index (κ3) is 4.62. The Balaban J connectivity index is 1.12. The molecule has 2 aliphatic rings. The minimum Gasteiger partial charge on any atom is -0.507 e. The lowest BCUT2D eigenvalue weighted by Crippen LogP contribution is -2.25. The Labute approximate surface area is 196 Å². The second kappa shape index (κ2) is 9.33. The van der Waals surface area contributed by atoms with Gasteiger partial charge in [0.2, 0.25) is 5.91 Å². The van der Waals surface area contributed by atoms with Gasteiger partial charge in [-0.3, -0.25) is 9.69 Å². The second-order valence-electron chi connectivity index (χ2n) is 8.24. The predicted molar refractivity (Wildman–Crippen MR) is 130 cm³/mol. The highest BCUT2D eigenvalue weighted by atomic mass is 32.2. The molecule has 3 N–H and O–H groups in total. The molecule has 0 saturated carbocycles. The van der Waals surface area contributed by atoms with Crippen LogP contribution in [0.15, 0.2) is 59.5 Å². The number of cyclic esters (lactones) is 1. The zero-order valence-electron chi connectivity index (χ0n) is 18.0. The molecule has 3 aromatic carbocycles. The number of thioether (sulfide) groups is 1. The molecule has 5 rings (SSSR count). The van der Waals surface area contributed by atoms with Crippen molar-refractivity contribution in [2.24, 2.45) is 0 Å². The summed E-state index contributed by atoms with van der Waals surface area (Å²) in [4.78, 5) is 26.7. The first-order valence-corrected chi connectivity index (χ1v) is 12.0. The number of fused-ring (bicyclic) bond motifs is 2. The minimum absolute atomic E-state index is 0.0284. The van der Waals surface area contributed by atoms with Crippen LogP contribution in [0.2, 0.25) is 0 Å². The van der Waals surface area contributed by atoms with Crippen LogP contribution in [0.1, 0.15) is 18.4 Å². The van der Waals surface area contributed by atoms with Crippen LogP contribution in [0, 0.1) is 0 Å². The molecule has 8 heteroatoms. The number of hydrogen-bond donors (Lipinski definition) is 3. The summed E-state index contributed by atoms with van der Waals surface area (Å²) in [5, 5.41) is 18.3.